The molecule has 0 saturated heterocycles. The first-order valence-electron chi connectivity index (χ1n) is 24.6. The number of hydrogen-bond donors (Lipinski definition) is 0. The average molecular weight is 950 g/mol. The van der Waals surface area contributed by atoms with Crippen LogP contribution >= 0.6 is 11.8 Å². The van der Waals surface area contributed by atoms with Gasteiger partial charge < -0.3 is 13.7 Å². The summed E-state index contributed by atoms with van der Waals surface area (Å²) in [7, 11) is -1.56. The van der Waals surface area contributed by atoms with E-state index in [1.807, 2.05) is 17.8 Å². The van der Waals surface area contributed by atoms with E-state index < -0.39 is 8.07 Å². The highest BCUT2D eigenvalue weighted by Crippen LogP contribution is 2.40. The third-order valence-corrected chi connectivity index (χ3v) is 17.1. The van der Waals surface area contributed by atoms with Crippen molar-refractivity contribution in [3.63, 3.8) is 0 Å². The lowest BCUT2D eigenvalue weighted by molar-refractivity contribution is 1.11. The van der Waals surface area contributed by atoms with Crippen LogP contribution in [0.15, 0.2) is 217 Å². The van der Waals surface area contributed by atoms with Crippen LogP contribution < -0.4 is 5.19 Å². The molecule has 0 saturated carbocycles. The maximum absolute atomic E-state index is 5.44. The van der Waals surface area contributed by atoms with Gasteiger partial charge in [-0.05, 0) is 84.9 Å². The second-order valence-electron chi connectivity index (χ2n) is 20.0. The van der Waals surface area contributed by atoms with Gasteiger partial charge in [0.2, 0.25) is 0 Å². The molecule has 4 heterocycles. The maximum atomic E-state index is 5.44. The molecule has 5 nitrogen and oxygen atoms in total. The molecule has 7 heteroatoms. The lowest BCUT2D eigenvalue weighted by Crippen LogP contribution is -2.37. The number of aromatic nitrogens is 5. The molecular weight excluding hydrogens is 899 g/mol. The van der Waals surface area contributed by atoms with E-state index in [2.05, 4.69) is 253 Å². The summed E-state index contributed by atoms with van der Waals surface area (Å²) in [4.78, 5) is 12.1. The smallest absolute Gasteiger partial charge is 0.160 e. The SMILES string of the molecule is CC(C)Sc1ccc2c(c1)c1cc([Si](C)(C)C)ccc1n2-c1ccc(-c2cc(-c3cc(-n4c5ccccc5c5ccccc54)cc(-n4c5ccccc5c5ccccc54)c3)nc(-c3ccccc3)n2)cc1. The Bertz CT molecular complexity index is 3970. The highest BCUT2D eigenvalue weighted by Gasteiger charge is 2.22. The van der Waals surface area contributed by atoms with Gasteiger partial charge >= 0.3 is 0 Å². The topological polar surface area (TPSA) is 40.6 Å². The molecule has 0 unspecified atom stereocenters. The maximum Gasteiger partial charge on any atom is 0.160 e. The number of nitrogens with zero attached hydrogens (tertiary/aromatic N) is 5. The van der Waals surface area contributed by atoms with Crippen LogP contribution in [0.4, 0.5) is 0 Å². The Morgan fingerprint density at radius 1 is 0.366 bits per heavy atom. The molecule has 0 atom stereocenters. The third kappa shape index (κ3) is 7.38. The first-order chi connectivity index (χ1) is 34.6. The van der Waals surface area contributed by atoms with Gasteiger partial charge in [0.25, 0.3) is 0 Å². The van der Waals surface area contributed by atoms with Crippen LogP contribution in [0.2, 0.25) is 19.6 Å². The summed E-state index contributed by atoms with van der Waals surface area (Å²) in [6, 6.07) is 77.6. The molecule has 0 radical (unpaired) electrons. The number of rotatable bonds is 9. The summed E-state index contributed by atoms with van der Waals surface area (Å²) < 4.78 is 7.26. The van der Waals surface area contributed by atoms with Crippen LogP contribution in [0.5, 0.6) is 0 Å². The van der Waals surface area contributed by atoms with Gasteiger partial charge in [0.1, 0.15) is 0 Å². The Kier molecular flexibility index (Phi) is 10.2. The Balaban J connectivity index is 1.01. The first kappa shape index (κ1) is 43.1. The van der Waals surface area contributed by atoms with Gasteiger partial charge in [0.05, 0.1) is 52.6 Å². The van der Waals surface area contributed by atoms with Crippen molar-refractivity contribution in [1.29, 1.82) is 0 Å². The van der Waals surface area contributed by atoms with Crippen molar-refractivity contribution >= 4 is 90.4 Å². The quantitative estimate of drug-likeness (QED) is 0.107. The molecule has 13 aromatic rings. The minimum atomic E-state index is -1.56. The van der Waals surface area contributed by atoms with Crippen LogP contribution in [0.25, 0.3) is 116 Å². The van der Waals surface area contributed by atoms with Gasteiger partial charge in [-0.2, -0.15) is 0 Å². The summed E-state index contributed by atoms with van der Waals surface area (Å²) >= 11 is 1.92. The van der Waals surface area contributed by atoms with E-state index in [4.69, 9.17) is 9.97 Å². The zero-order valence-corrected chi connectivity index (χ0v) is 42.2. The van der Waals surface area contributed by atoms with Crippen molar-refractivity contribution in [3.05, 3.63) is 212 Å². The first-order valence-corrected chi connectivity index (χ1v) is 29.0. The number of fused-ring (bicyclic) bond motifs is 9. The van der Waals surface area contributed by atoms with Crippen molar-refractivity contribution in [2.45, 2.75) is 43.6 Å². The van der Waals surface area contributed by atoms with Crippen molar-refractivity contribution in [3.8, 4) is 51.0 Å². The zero-order valence-electron chi connectivity index (χ0n) is 40.4. The molecule has 0 aliphatic heterocycles. The molecule has 0 aliphatic rings. The minimum Gasteiger partial charge on any atom is -0.309 e. The summed E-state index contributed by atoms with van der Waals surface area (Å²) in [6.45, 7) is 11.8. The number of benzene rings is 9. The molecule has 13 rings (SSSR count). The van der Waals surface area contributed by atoms with Crippen molar-refractivity contribution < 1.29 is 0 Å². The Labute approximate surface area is 418 Å². The van der Waals surface area contributed by atoms with Crippen LogP contribution in [0.3, 0.4) is 0 Å². The standard InChI is InChI=1S/C64H51N5SSi/c1-41(2)70-48-31-33-62-54(38-48)55-39-49(71(3,4)5)32-34-63(55)67(62)45-29-27-42(28-30-45)56-40-57(66-64(65-56)43-17-7-6-8-18-43)44-35-46(68-58-23-13-9-19-50(58)51-20-10-14-24-59(51)68)37-47(36-44)69-60-25-15-11-21-52(60)53-22-12-16-26-61(53)69/h6-41H,1-5H3. The summed E-state index contributed by atoms with van der Waals surface area (Å²) in [6.07, 6.45) is 0. The Morgan fingerprint density at radius 2 is 0.817 bits per heavy atom. The van der Waals surface area contributed by atoms with Gasteiger partial charge in [0, 0.05) is 76.2 Å². The van der Waals surface area contributed by atoms with E-state index >= 15 is 0 Å². The molecule has 0 N–H and O–H groups in total. The number of thioether (sulfide) groups is 1. The van der Waals surface area contributed by atoms with E-state index in [1.54, 1.807) is 0 Å². The van der Waals surface area contributed by atoms with Crippen LogP contribution in [-0.2, 0) is 0 Å². The monoisotopic (exact) mass is 949 g/mol. The Morgan fingerprint density at radius 3 is 1.34 bits per heavy atom. The van der Waals surface area contributed by atoms with E-state index in [-0.39, 0.29) is 0 Å². The van der Waals surface area contributed by atoms with Crippen molar-refractivity contribution in [1.82, 2.24) is 23.7 Å². The van der Waals surface area contributed by atoms with Crippen LogP contribution in [0, 0.1) is 0 Å². The molecule has 0 amide bonds. The minimum absolute atomic E-state index is 0.502. The van der Waals surface area contributed by atoms with Gasteiger partial charge in [-0.3, -0.25) is 0 Å². The lowest BCUT2D eigenvalue weighted by Gasteiger charge is -2.17. The molecular formula is C64H51N5SSi. The molecule has 0 spiro atoms. The van der Waals surface area contributed by atoms with E-state index in [1.165, 1.54) is 53.4 Å². The molecule has 0 bridgehead atoms. The van der Waals surface area contributed by atoms with Crippen LogP contribution in [0.1, 0.15) is 13.8 Å². The van der Waals surface area contributed by atoms with E-state index in [0.717, 1.165) is 67.2 Å². The fraction of sp³-hybridized carbons (Fsp3) is 0.0938. The summed E-state index contributed by atoms with van der Waals surface area (Å²) in [5.41, 5.74) is 15.0. The molecule has 0 aliphatic carbocycles. The fourth-order valence-corrected chi connectivity index (χ4v) is 12.8. The highest BCUT2D eigenvalue weighted by molar-refractivity contribution is 7.99. The van der Waals surface area contributed by atoms with Crippen molar-refractivity contribution in [2.75, 3.05) is 0 Å². The third-order valence-electron chi connectivity index (χ3n) is 14.0. The second kappa shape index (κ2) is 16.9. The molecule has 71 heavy (non-hydrogen) atoms. The largest absolute Gasteiger partial charge is 0.309 e. The molecule has 9 aromatic carbocycles. The predicted molar refractivity (Wildman–Crippen MR) is 305 cm³/mol. The number of para-hydroxylation sites is 4. The number of hydrogen-bond acceptors (Lipinski definition) is 3. The predicted octanol–water partition coefficient (Wildman–Crippen LogP) is 16.8. The average Bonchev–Trinajstić information content (AvgIpc) is 4.04. The fourth-order valence-electron chi connectivity index (χ4n) is 10.7. The summed E-state index contributed by atoms with van der Waals surface area (Å²) in [5, 5.41) is 9.46. The Hall–Kier alpha value is -7.97. The van der Waals surface area contributed by atoms with Crippen LogP contribution in [-0.4, -0.2) is 37.0 Å². The van der Waals surface area contributed by atoms with E-state index in [0.29, 0.717) is 11.1 Å². The van der Waals surface area contributed by atoms with E-state index in [9.17, 15) is 0 Å². The second-order valence-corrected chi connectivity index (χ2v) is 26.7. The zero-order chi connectivity index (χ0) is 48.0. The molecule has 342 valence electrons. The lowest BCUT2D eigenvalue weighted by atomic mass is 10.0. The molecule has 0 fully saturated rings. The van der Waals surface area contributed by atoms with Gasteiger partial charge in [-0.15, -0.1) is 11.8 Å². The van der Waals surface area contributed by atoms with Gasteiger partial charge in [0.15, 0.2) is 5.82 Å². The van der Waals surface area contributed by atoms with Crippen molar-refractivity contribution in [2.24, 2.45) is 0 Å². The van der Waals surface area contributed by atoms with Gasteiger partial charge in [-0.1, -0.05) is 166 Å². The summed E-state index contributed by atoms with van der Waals surface area (Å²) in [5.74, 6) is 0.679. The van der Waals surface area contributed by atoms with Gasteiger partial charge in [-0.25, -0.2) is 9.97 Å². The highest BCUT2D eigenvalue weighted by atomic mass is 32.2. The normalized spacial score (nSPS) is 12.2. The molecule has 4 aromatic heterocycles.